The Balaban J connectivity index is 1.55. The smallest absolute Gasteiger partial charge is 0.418 e. The number of urea groups is 1. The van der Waals surface area contributed by atoms with Gasteiger partial charge in [0.05, 0.1) is 23.2 Å². The average Bonchev–Trinajstić information content (AvgIpc) is 3.46. The van der Waals surface area contributed by atoms with Gasteiger partial charge in [0, 0.05) is 58.1 Å². The van der Waals surface area contributed by atoms with E-state index in [0.29, 0.717) is 12.3 Å². The number of amides is 2. The van der Waals surface area contributed by atoms with Gasteiger partial charge in [-0.1, -0.05) is 19.6 Å². The monoisotopic (exact) mass is 596 g/mol. The van der Waals surface area contributed by atoms with Gasteiger partial charge in [0.2, 0.25) is 0 Å². The van der Waals surface area contributed by atoms with Crippen molar-refractivity contribution < 1.29 is 36.2 Å². The Morgan fingerprint density at radius 2 is 1.83 bits per heavy atom. The van der Waals surface area contributed by atoms with Crippen molar-refractivity contribution in [1.29, 1.82) is 0 Å². The number of benzene rings is 1. The predicted molar refractivity (Wildman–Crippen MR) is 144 cm³/mol. The van der Waals surface area contributed by atoms with Gasteiger partial charge < -0.3 is 24.7 Å². The van der Waals surface area contributed by atoms with Crippen LogP contribution in [0.3, 0.4) is 0 Å². The van der Waals surface area contributed by atoms with Crippen molar-refractivity contribution in [3.63, 3.8) is 0 Å². The van der Waals surface area contributed by atoms with Crippen LogP contribution in [0.25, 0.3) is 11.0 Å². The molecule has 15 heteroatoms. The van der Waals surface area contributed by atoms with E-state index < -0.39 is 54.4 Å². The van der Waals surface area contributed by atoms with E-state index in [1.807, 2.05) is 0 Å². The molecule has 0 unspecified atom stereocenters. The third-order valence-corrected chi connectivity index (χ3v) is 7.62. The van der Waals surface area contributed by atoms with E-state index in [1.165, 1.54) is 10.8 Å². The highest BCUT2D eigenvalue weighted by Gasteiger charge is 2.37. The zero-order valence-corrected chi connectivity index (χ0v) is 23.8. The number of aromatic nitrogens is 4. The van der Waals surface area contributed by atoms with E-state index in [1.54, 1.807) is 24.0 Å². The summed E-state index contributed by atoms with van der Waals surface area (Å²) in [5.74, 6) is -3.87. The number of fused-ring (bicyclic) bond motifs is 1. The molecule has 0 aliphatic carbocycles. The number of alkyl halides is 3. The number of anilines is 1. The van der Waals surface area contributed by atoms with Gasteiger partial charge in [0.1, 0.15) is 18.1 Å². The highest BCUT2D eigenvalue weighted by Crippen LogP contribution is 2.42. The maximum absolute atomic E-state index is 14.9. The first-order valence-electron chi connectivity index (χ1n) is 12.5. The summed E-state index contributed by atoms with van der Waals surface area (Å²) in [5, 5.41) is 8.42. The van der Waals surface area contributed by atoms with Crippen LogP contribution < -0.4 is 15.4 Å². The Kier molecular flexibility index (Phi) is 8.68. The van der Waals surface area contributed by atoms with Crippen LogP contribution in [-0.2, 0) is 31.2 Å². The fourth-order valence-electron chi connectivity index (χ4n) is 3.87. The van der Waals surface area contributed by atoms with Crippen LogP contribution in [-0.4, -0.2) is 40.0 Å². The number of carbonyl (C=O) groups is 1. The summed E-state index contributed by atoms with van der Waals surface area (Å²) in [7, 11) is 0.290. The Bertz CT molecular complexity index is 1520. The van der Waals surface area contributed by atoms with Gasteiger partial charge in [-0.25, -0.2) is 18.6 Å². The van der Waals surface area contributed by atoms with E-state index in [-0.39, 0.29) is 24.6 Å². The van der Waals surface area contributed by atoms with Crippen LogP contribution in [0.15, 0.2) is 42.9 Å². The predicted octanol–water partition coefficient (Wildman–Crippen LogP) is 6.49. The van der Waals surface area contributed by atoms with Crippen molar-refractivity contribution in [3.8, 4) is 11.5 Å². The number of nitrogens with zero attached hydrogens (tertiary/aromatic N) is 4. The number of carbonyl (C=O) groups excluding carboxylic acids is 1. The minimum atomic E-state index is -4.81. The van der Waals surface area contributed by atoms with Crippen molar-refractivity contribution in [2.75, 3.05) is 11.9 Å². The van der Waals surface area contributed by atoms with Crippen LogP contribution in [0, 0.1) is 11.6 Å². The molecule has 3 aromatic heterocycles. The summed E-state index contributed by atoms with van der Waals surface area (Å²) in [6.07, 6.45) is -1.11. The molecule has 2 amide bonds. The molecular formula is C26H29F5N6O3Si. The second-order valence-corrected chi connectivity index (χ2v) is 16.1. The summed E-state index contributed by atoms with van der Waals surface area (Å²) in [6, 6.07) is 4.42. The van der Waals surface area contributed by atoms with Crippen LogP contribution in [0.4, 0.5) is 32.4 Å². The first-order valence-corrected chi connectivity index (χ1v) is 16.2. The van der Waals surface area contributed by atoms with Crippen LogP contribution in [0.2, 0.25) is 25.7 Å². The van der Waals surface area contributed by atoms with Crippen molar-refractivity contribution in [2.24, 2.45) is 7.05 Å². The fraction of sp³-hybridized carbons (Fsp3) is 0.346. The van der Waals surface area contributed by atoms with Gasteiger partial charge in [-0.3, -0.25) is 4.68 Å². The van der Waals surface area contributed by atoms with E-state index in [4.69, 9.17) is 9.47 Å². The molecule has 0 saturated heterocycles. The molecule has 4 aromatic rings. The molecular weight excluding hydrogens is 567 g/mol. The number of halogens is 5. The minimum absolute atomic E-state index is 0.0709. The molecule has 0 aliphatic rings. The molecule has 220 valence electrons. The van der Waals surface area contributed by atoms with E-state index in [9.17, 15) is 26.7 Å². The fourth-order valence-corrected chi connectivity index (χ4v) is 4.63. The summed E-state index contributed by atoms with van der Waals surface area (Å²) >= 11 is 0. The molecule has 0 radical (unpaired) electrons. The first kappa shape index (κ1) is 30.0. The summed E-state index contributed by atoms with van der Waals surface area (Å²) in [6.45, 7) is 6.68. The van der Waals surface area contributed by atoms with Gasteiger partial charge in [0.25, 0.3) is 0 Å². The minimum Gasteiger partial charge on any atom is -0.450 e. The van der Waals surface area contributed by atoms with Gasteiger partial charge >= 0.3 is 12.2 Å². The number of rotatable bonds is 10. The molecule has 2 N–H and O–H groups in total. The third kappa shape index (κ3) is 7.61. The van der Waals surface area contributed by atoms with E-state index in [0.717, 1.165) is 30.4 Å². The van der Waals surface area contributed by atoms with Gasteiger partial charge in [-0.05, 0) is 18.2 Å². The normalized spacial score (nSPS) is 12.1. The highest BCUT2D eigenvalue weighted by atomic mass is 28.3. The first-order chi connectivity index (χ1) is 19.2. The third-order valence-electron chi connectivity index (χ3n) is 5.92. The molecule has 4 rings (SSSR count). The Labute approximate surface area is 233 Å². The molecule has 3 heterocycles. The molecule has 0 atom stereocenters. The Hall–Kier alpha value is -3.98. The molecule has 0 fully saturated rings. The van der Waals surface area contributed by atoms with Crippen molar-refractivity contribution >= 4 is 30.8 Å². The molecule has 9 nitrogen and oxygen atoms in total. The summed E-state index contributed by atoms with van der Waals surface area (Å²) < 4.78 is 85.5. The number of hydrogen-bond acceptors (Lipinski definition) is 5. The van der Waals surface area contributed by atoms with Crippen molar-refractivity contribution in [1.82, 2.24) is 24.6 Å². The second kappa shape index (κ2) is 11.9. The second-order valence-electron chi connectivity index (χ2n) is 10.5. The quantitative estimate of drug-likeness (QED) is 0.124. The standard InChI is InChI=1S/C26H29F5N6O3Si/c1-36-8-6-16(35-36)13-33-25(38)34-17-11-19(27)23(20(28)12-17)40-21-5-7-32-24-22(21)18(26(29,30)31)14-37(24)15-39-9-10-41(2,3)4/h5-8,11-12,14H,9-10,13,15H2,1-4H3,(H2,33,34,38). The molecule has 0 aliphatic heterocycles. The molecule has 0 bridgehead atoms. The SMILES string of the molecule is Cn1ccc(CNC(=O)Nc2cc(F)c(Oc3ccnc4c3c(C(F)(F)F)cn4COCC[Si](C)(C)C)c(F)c2)n1. The number of aryl methyl sites for hydroxylation is 1. The molecule has 1 aromatic carbocycles. The summed E-state index contributed by atoms with van der Waals surface area (Å²) in [5.41, 5.74) is -0.874. The van der Waals surface area contributed by atoms with Crippen LogP contribution >= 0.6 is 0 Å². The lowest BCUT2D eigenvalue weighted by molar-refractivity contribution is -0.136. The lowest BCUT2D eigenvalue weighted by atomic mass is 10.2. The van der Waals surface area contributed by atoms with Gasteiger partial charge in [0.15, 0.2) is 17.4 Å². The largest absolute Gasteiger partial charge is 0.450 e. The van der Waals surface area contributed by atoms with Gasteiger partial charge in [-0.2, -0.15) is 18.3 Å². The highest BCUT2D eigenvalue weighted by molar-refractivity contribution is 6.76. The number of pyridine rings is 1. The summed E-state index contributed by atoms with van der Waals surface area (Å²) in [4.78, 5) is 16.2. The number of hydrogen-bond donors (Lipinski definition) is 2. The molecule has 41 heavy (non-hydrogen) atoms. The Morgan fingerprint density at radius 1 is 1.12 bits per heavy atom. The van der Waals surface area contributed by atoms with Gasteiger partial charge in [-0.15, -0.1) is 0 Å². The van der Waals surface area contributed by atoms with Crippen molar-refractivity contribution in [2.45, 2.75) is 45.1 Å². The maximum atomic E-state index is 14.9. The number of nitrogens with one attached hydrogen (secondary N) is 2. The zero-order chi connectivity index (χ0) is 29.9. The lowest BCUT2D eigenvalue weighted by Crippen LogP contribution is -2.28. The van der Waals surface area contributed by atoms with E-state index >= 15 is 0 Å². The maximum Gasteiger partial charge on any atom is 0.418 e. The average molecular weight is 597 g/mol. The Morgan fingerprint density at radius 3 is 2.44 bits per heavy atom. The lowest BCUT2D eigenvalue weighted by Gasteiger charge is -2.15. The van der Waals surface area contributed by atoms with Crippen LogP contribution in [0.1, 0.15) is 11.3 Å². The molecule has 0 saturated carbocycles. The topological polar surface area (TPSA) is 95.2 Å². The van der Waals surface area contributed by atoms with Crippen LogP contribution in [0.5, 0.6) is 11.5 Å². The zero-order valence-electron chi connectivity index (χ0n) is 22.8. The number of ether oxygens (including phenoxy) is 2. The van der Waals surface area contributed by atoms with Crippen molar-refractivity contribution in [3.05, 3.63) is 65.7 Å². The molecule has 0 spiro atoms. The van der Waals surface area contributed by atoms with E-state index in [2.05, 4.69) is 40.4 Å².